The number of carbonyl (C=O) groups is 1. The molecule has 29 heavy (non-hydrogen) atoms. The molecule has 2 aromatic carbocycles. The van der Waals surface area contributed by atoms with Crippen LogP contribution in [-0.4, -0.2) is 19.0 Å². The highest BCUT2D eigenvalue weighted by Crippen LogP contribution is 2.29. The second-order valence-corrected chi connectivity index (χ2v) is 7.43. The number of benzene rings is 2. The lowest BCUT2D eigenvalue weighted by molar-refractivity contribution is 0.102. The molecule has 0 aromatic heterocycles. The van der Waals surface area contributed by atoms with Gasteiger partial charge in [-0.2, -0.15) is 0 Å². The highest BCUT2D eigenvalue weighted by atomic mass is 19.1. The fourth-order valence-corrected chi connectivity index (χ4v) is 3.81. The molecule has 2 aromatic rings. The molecular formula is C25H29FN2O. The predicted octanol–water partition coefficient (Wildman–Crippen LogP) is 5.88. The number of allylic oxidation sites excluding steroid dienone is 2. The fraction of sp³-hybridized carbons (Fsp3) is 0.320. The SMILES string of the molecule is C/C=C(\CC)c1ccc(NC(=O)c2ccc(C3=CCNCC3)cc2C)c(C)c1F. The Morgan fingerprint density at radius 3 is 2.59 bits per heavy atom. The van der Waals surface area contributed by atoms with E-state index in [0.717, 1.165) is 42.6 Å². The van der Waals surface area contributed by atoms with Crippen LogP contribution in [0, 0.1) is 19.7 Å². The summed E-state index contributed by atoms with van der Waals surface area (Å²) in [6.07, 6.45) is 5.87. The molecule has 0 saturated heterocycles. The van der Waals surface area contributed by atoms with Crippen molar-refractivity contribution in [3.05, 3.63) is 76.1 Å². The number of aryl methyl sites for hydroxylation is 1. The van der Waals surface area contributed by atoms with Crippen LogP contribution in [0.15, 0.2) is 42.5 Å². The Balaban J connectivity index is 1.83. The number of hydrogen-bond acceptors (Lipinski definition) is 2. The van der Waals surface area contributed by atoms with E-state index in [1.165, 1.54) is 5.57 Å². The van der Waals surface area contributed by atoms with Crippen LogP contribution in [0.1, 0.15) is 59.3 Å². The van der Waals surface area contributed by atoms with Gasteiger partial charge >= 0.3 is 0 Å². The summed E-state index contributed by atoms with van der Waals surface area (Å²) in [5, 5.41) is 6.20. The van der Waals surface area contributed by atoms with Crippen molar-refractivity contribution in [3.63, 3.8) is 0 Å². The molecule has 0 atom stereocenters. The zero-order valence-corrected chi connectivity index (χ0v) is 17.7. The summed E-state index contributed by atoms with van der Waals surface area (Å²) in [4.78, 5) is 12.8. The molecule has 3 rings (SSSR count). The van der Waals surface area contributed by atoms with Crippen molar-refractivity contribution in [2.75, 3.05) is 18.4 Å². The van der Waals surface area contributed by atoms with Crippen LogP contribution in [0.3, 0.4) is 0 Å². The summed E-state index contributed by atoms with van der Waals surface area (Å²) < 4.78 is 14.9. The van der Waals surface area contributed by atoms with Gasteiger partial charge in [-0.15, -0.1) is 0 Å². The lowest BCUT2D eigenvalue weighted by Crippen LogP contribution is -2.20. The number of anilines is 1. The maximum absolute atomic E-state index is 14.9. The Morgan fingerprint density at radius 2 is 1.97 bits per heavy atom. The minimum Gasteiger partial charge on any atom is -0.322 e. The third kappa shape index (κ3) is 4.48. The van der Waals surface area contributed by atoms with Crippen molar-refractivity contribution >= 4 is 22.7 Å². The largest absolute Gasteiger partial charge is 0.322 e. The first-order valence-electron chi connectivity index (χ1n) is 10.2. The highest BCUT2D eigenvalue weighted by molar-refractivity contribution is 6.06. The van der Waals surface area contributed by atoms with E-state index in [0.29, 0.717) is 22.4 Å². The summed E-state index contributed by atoms with van der Waals surface area (Å²) >= 11 is 0. The van der Waals surface area contributed by atoms with Crippen LogP contribution < -0.4 is 10.6 Å². The molecule has 1 aliphatic rings. The molecule has 152 valence electrons. The van der Waals surface area contributed by atoms with E-state index in [1.807, 2.05) is 39.0 Å². The van der Waals surface area contributed by atoms with E-state index in [4.69, 9.17) is 0 Å². The van der Waals surface area contributed by atoms with Gasteiger partial charge < -0.3 is 10.6 Å². The number of amides is 1. The summed E-state index contributed by atoms with van der Waals surface area (Å²) in [6.45, 7) is 9.42. The second-order valence-electron chi connectivity index (χ2n) is 7.43. The summed E-state index contributed by atoms with van der Waals surface area (Å²) in [7, 11) is 0. The topological polar surface area (TPSA) is 41.1 Å². The highest BCUT2D eigenvalue weighted by Gasteiger charge is 2.16. The third-order valence-corrected chi connectivity index (χ3v) is 5.62. The van der Waals surface area contributed by atoms with Gasteiger partial charge in [0, 0.05) is 28.9 Å². The Kier molecular flexibility index (Phi) is 6.65. The molecule has 1 heterocycles. The van der Waals surface area contributed by atoms with Gasteiger partial charge in [0.15, 0.2) is 0 Å². The smallest absolute Gasteiger partial charge is 0.255 e. The molecule has 3 nitrogen and oxygen atoms in total. The predicted molar refractivity (Wildman–Crippen MR) is 120 cm³/mol. The van der Waals surface area contributed by atoms with Gasteiger partial charge in [0.05, 0.1) is 0 Å². The summed E-state index contributed by atoms with van der Waals surface area (Å²) in [5.41, 5.74) is 6.51. The lowest BCUT2D eigenvalue weighted by Gasteiger charge is -2.17. The zero-order chi connectivity index (χ0) is 21.0. The van der Waals surface area contributed by atoms with Gasteiger partial charge in [-0.05, 0) is 80.6 Å². The van der Waals surface area contributed by atoms with Crippen molar-refractivity contribution in [3.8, 4) is 0 Å². The van der Waals surface area contributed by atoms with Crippen LogP contribution in [0.5, 0.6) is 0 Å². The number of hydrogen-bond donors (Lipinski definition) is 2. The average molecular weight is 393 g/mol. The van der Waals surface area contributed by atoms with Gasteiger partial charge in [0.2, 0.25) is 0 Å². The third-order valence-electron chi connectivity index (χ3n) is 5.62. The van der Waals surface area contributed by atoms with E-state index in [9.17, 15) is 9.18 Å². The van der Waals surface area contributed by atoms with E-state index in [1.54, 1.807) is 19.1 Å². The first kappa shape index (κ1) is 21.0. The maximum Gasteiger partial charge on any atom is 0.255 e. The van der Waals surface area contributed by atoms with Crippen LogP contribution in [0.4, 0.5) is 10.1 Å². The van der Waals surface area contributed by atoms with Crippen LogP contribution in [0.2, 0.25) is 0 Å². The molecule has 1 amide bonds. The van der Waals surface area contributed by atoms with E-state index in [2.05, 4.69) is 22.8 Å². The van der Waals surface area contributed by atoms with E-state index >= 15 is 0 Å². The zero-order valence-electron chi connectivity index (χ0n) is 17.7. The Bertz CT molecular complexity index is 989. The summed E-state index contributed by atoms with van der Waals surface area (Å²) in [5.74, 6) is -0.493. The van der Waals surface area contributed by atoms with Crippen molar-refractivity contribution in [1.29, 1.82) is 0 Å². The Labute approximate surface area is 172 Å². The standard InChI is InChI=1S/C25H29FN2O/c1-5-18(6-2)22-9-10-23(17(4)24(22)26)28-25(29)21-8-7-20(15-16(21)3)19-11-13-27-14-12-19/h5,7-11,15,27H,6,12-14H2,1-4H3,(H,28,29)/b18-5+. The maximum atomic E-state index is 14.9. The first-order chi connectivity index (χ1) is 14.0. The van der Waals surface area contributed by atoms with Crippen molar-refractivity contribution in [2.24, 2.45) is 0 Å². The van der Waals surface area contributed by atoms with E-state index < -0.39 is 0 Å². The summed E-state index contributed by atoms with van der Waals surface area (Å²) in [6, 6.07) is 9.44. The van der Waals surface area contributed by atoms with Gasteiger partial charge in [-0.1, -0.05) is 31.2 Å². The molecule has 0 bridgehead atoms. The number of nitrogens with one attached hydrogen (secondary N) is 2. The average Bonchev–Trinajstić information content (AvgIpc) is 2.74. The number of carbonyl (C=O) groups excluding carboxylic acids is 1. The van der Waals surface area contributed by atoms with Gasteiger partial charge in [-0.3, -0.25) is 4.79 Å². The quantitative estimate of drug-likeness (QED) is 0.667. The van der Waals surface area contributed by atoms with Crippen LogP contribution in [0.25, 0.3) is 11.1 Å². The molecule has 2 N–H and O–H groups in total. The lowest BCUT2D eigenvalue weighted by atomic mass is 9.96. The second kappa shape index (κ2) is 9.19. The van der Waals surface area contributed by atoms with Crippen molar-refractivity contribution in [1.82, 2.24) is 5.32 Å². The molecular weight excluding hydrogens is 363 g/mol. The minimum absolute atomic E-state index is 0.217. The molecule has 0 saturated carbocycles. The fourth-order valence-electron chi connectivity index (χ4n) is 3.81. The molecule has 0 fully saturated rings. The number of halogens is 1. The van der Waals surface area contributed by atoms with Gasteiger partial charge in [0.1, 0.15) is 5.82 Å². The Morgan fingerprint density at radius 1 is 1.21 bits per heavy atom. The van der Waals surface area contributed by atoms with Crippen LogP contribution >= 0.6 is 0 Å². The molecule has 4 heteroatoms. The molecule has 0 spiro atoms. The molecule has 0 radical (unpaired) electrons. The normalized spacial score (nSPS) is 14.5. The van der Waals surface area contributed by atoms with Gasteiger partial charge in [0.25, 0.3) is 5.91 Å². The monoisotopic (exact) mass is 392 g/mol. The van der Waals surface area contributed by atoms with Crippen molar-refractivity contribution in [2.45, 2.75) is 40.5 Å². The van der Waals surface area contributed by atoms with Crippen LogP contribution in [-0.2, 0) is 0 Å². The Hall–Kier alpha value is -2.72. The molecule has 0 unspecified atom stereocenters. The first-order valence-corrected chi connectivity index (χ1v) is 10.2. The minimum atomic E-state index is -0.275. The molecule has 0 aliphatic carbocycles. The molecule has 1 aliphatic heterocycles. The van der Waals surface area contributed by atoms with Gasteiger partial charge in [-0.25, -0.2) is 4.39 Å². The van der Waals surface area contributed by atoms with Crippen molar-refractivity contribution < 1.29 is 9.18 Å². The van der Waals surface area contributed by atoms with E-state index in [-0.39, 0.29) is 11.7 Å². The number of rotatable bonds is 5.